The molecule has 19 heavy (non-hydrogen) atoms. The smallest absolute Gasteiger partial charge is 0.248 e. The van der Waals surface area contributed by atoms with Gasteiger partial charge in [0.05, 0.1) is 6.20 Å². The number of hydrogen-bond acceptors (Lipinski definition) is 4. The van der Waals surface area contributed by atoms with Crippen LogP contribution in [0.3, 0.4) is 0 Å². The molecular weight excluding hydrogens is 242 g/mol. The minimum absolute atomic E-state index is 0.395. The van der Waals surface area contributed by atoms with E-state index in [-0.39, 0.29) is 0 Å². The highest BCUT2D eigenvalue weighted by molar-refractivity contribution is 5.92. The molecule has 0 atom stereocenters. The molecule has 0 saturated carbocycles. The number of carbonyl (C=O) groups excluding carboxylic acids is 1. The lowest BCUT2D eigenvalue weighted by Crippen LogP contribution is -2.17. The first-order valence-corrected chi connectivity index (χ1v) is 6.19. The largest absolute Gasteiger partial charge is 0.366 e. The molecule has 1 aromatic heterocycles. The molecule has 0 aliphatic heterocycles. The van der Waals surface area contributed by atoms with Crippen molar-refractivity contribution >= 4 is 5.91 Å². The minimum atomic E-state index is -0.395. The first-order chi connectivity index (χ1) is 9.25. The summed E-state index contributed by atoms with van der Waals surface area (Å²) in [7, 11) is 0. The Kier molecular flexibility index (Phi) is 4.63. The maximum Gasteiger partial charge on any atom is 0.248 e. The third kappa shape index (κ3) is 4.18. The van der Waals surface area contributed by atoms with E-state index in [2.05, 4.69) is 15.6 Å². The zero-order valence-electron chi connectivity index (χ0n) is 10.6. The Morgan fingerprint density at radius 3 is 3.05 bits per heavy atom. The molecule has 1 heterocycles. The van der Waals surface area contributed by atoms with Gasteiger partial charge in [0.1, 0.15) is 0 Å². The van der Waals surface area contributed by atoms with Crippen molar-refractivity contribution in [3.63, 3.8) is 0 Å². The summed E-state index contributed by atoms with van der Waals surface area (Å²) in [5.74, 6) is -0.395. The number of aryl methyl sites for hydroxylation is 1. The van der Waals surface area contributed by atoms with Crippen LogP contribution in [0.25, 0.3) is 0 Å². The maximum absolute atomic E-state index is 11.0. The highest BCUT2D eigenvalue weighted by atomic mass is 16.1. The lowest BCUT2D eigenvalue weighted by Gasteiger charge is -2.06. The van der Waals surface area contributed by atoms with E-state index in [0.29, 0.717) is 5.56 Å². The molecule has 1 amide bonds. The highest BCUT2D eigenvalue weighted by Gasteiger charge is 2.00. The Morgan fingerprint density at radius 2 is 2.32 bits per heavy atom. The molecule has 0 unspecified atom stereocenters. The molecule has 1 aromatic carbocycles. The Balaban J connectivity index is 1.70. The average Bonchev–Trinajstić information content (AvgIpc) is 2.92. The van der Waals surface area contributed by atoms with Crippen LogP contribution in [-0.4, -0.2) is 27.4 Å². The minimum Gasteiger partial charge on any atom is -0.366 e. The first kappa shape index (κ1) is 13.2. The fourth-order valence-corrected chi connectivity index (χ4v) is 1.79. The second-order valence-electron chi connectivity index (χ2n) is 4.26. The van der Waals surface area contributed by atoms with Crippen molar-refractivity contribution in [2.24, 2.45) is 5.73 Å². The molecule has 0 aliphatic carbocycles. The number of nitrogens with two attached hydrogens (primary N) is 1. The van der Waals surface area contributed by atoms with Gasteiger partial charge < -0.3 is 11.1 Å². The van der Waals surface area contributed by atoms with Crippen LogP contribution in [0.5, 0.6) is 0 Å². The summed E-state index contributed by atoms with van der Waals surface area (Å²) in [6.45, 7) is 2.44. The van der Waals surface area contributed by atoms with Gasteiger partial charge in [0.15, 0.2) is 0 Å². The molecule has 3 N–H and O–H groups in total. The van der Waals surface area contributed by atoms with Crippen LogP contribution in [0.1, 0.15) is 22.3 Å². The molecule has 0 fully saturated rings. The molecule has 0 bridgehead atoms. The van der Waals surface area contributed by atoms with Crippen molar-refractivity contribution in [1.29, 1.82) is 0 Å². The summed E-state index contributed by atoms with van der Waals surface area (Å²) in [6, 6.07) is 7.34. The van der Waals surface area contributed by atoms with Gasteiger partial charge in [0.2, 0.25) is 5.91 Å². The van der Waals surface area contributed by atoms with E-state index >= 15 is 0 Å². The molecule has 2 aromatic rings. The number of amides is 1. The van der Waals surface area contributed by atoms with Crippen molar-refractivity contribution in [3.05, 3.63) is 47.8 Å². The molecule has 6 nitrogen and oxygen atoms in total. The van der Waals surface area contributed by atoms with Crippen LogP contribution < -0.4 is 11.1 Å². The van der Waals surface area contributed by atoms with Crippen LogP contribution >= 0.6 is 0 Å². The second-order valence-corrected chi connectivity index (χ2v) is 4.26. The molecule has 100 valence electrons. The number of hydrogen-bond donors (Lipinski definition) is 2. The number of benzene rings is 1. The monoisotopic (exact) mass is 259 g/mol. The zero-order chi connectivity index (χ0) is 13.5. The summed E-state index contributed by atoms with van der Waals surface area (Å²) in [5.41, 5.74) is 6.83. The van der Waals surface area contributed by atoms with Crippen LogP contribution in [0.2, 0.25) is 0 Å². The van der Waals surface area contributed by atoms with E-state index in [1.807, 2.05) is 24.4 Å². The van der Waals surface area contributed by atoms with Crippen molar-refractivity contribution in [2.45, 2.75) is 19.5 Å². The van der Waals surface area contributed by atoms with Gasteiger partial charge in [0.25, 0.3) is 0 Å². The lowest BCUT2D eigenvalue weighted by atomic mass is 10.1. The van der Waals surface area contributed by atoms with Gasteiger partial charge in [-0.15, -0.1) is 5.10 Å². The van der Waals surface area contributed by atoms with Gasteiger partial charge in [0, 0.05) is 24.8 Å². The van der Waals surface area contributed by atoms with Crippen LogP contribution in [0, 0.1) is 0 Å². The van der Waals surface area contributed by atoms with Crippen molar-refractivity contribution in [1.82, 2.24) is 20.3 Å². The summed E-state index contributed by atoms with van der Waals surface area (Å²) in [5, 5.41) is 11.0. The Labute approximate surface area is 111 Å². The summed E-state index contributed by atoms with van der Waals surface area (Å²) in [6.07, 6.45) is 4.48. The summed E-state index contributed by atoms with van der Waals surface area (Å²) >= 11 is 0. The quantitative estimate of drug-likeness (QED) is 0.711. The number of aromatic nitrogens is 3. The summed E-state index contributed by atoms with van der Waals surface area (Å²) < 4.78 is 1.80. The van der Waals surface area contributed by atoms with Gasteiger partial charge >= 0.3 is 0 Å². The Hall–Kier alpha value is -2.21. The Morgan fingerprint density at radius 1 is 1.42 bits per heavy atom. The van der Waals surface area contributed by atoms with E-state index in [1.54, 1.807) is 16.9 Å². The number of nitrogens with one attached hydrogen (secondary N) is 1. The van der Waals surface area contributed by atoms with Crippen molar-refractivity contribution in [2.75, 3.05) is 6.54 Å². The van der Waals surface area contributed by atoms with Crippen molar-refractivity contribution in [3.8, 4) is 0 Å². The summed E-state index contributed by atoms with van der Waals surface area (Å²) in [4.78, 5) is 11.0. The van der Waals surface area contributed by atoms with Gasteiger partial charge in [-0.25, -0.2) is 0 Å². The Bertz CT molecular complexity index is 524. The van der Waals surface area contributed by atoms with Gasteiger partial charge in [-0.2, -0.15) is 0 Å². The molecule has 0 saturated heterocycles. The fourth-order valence-electron chi connectivity index (χ4n) is 1.79. The van der Waals surface area contributed by atoms with Crippen LogP contribution in [-0.2, 0) is 13.1 Å². The number of rotatable bonds is 7. The standard InChI is InChI=1S/C13H17N5O/c14-13(19)12-4-1-3-11(9-12)10-15-5-2-7-18-8-6-16-17-18/h1,3-4,6,8-9,15H,2,5,7,10H2,(H2,14,19). The molecule has 0 radical (unpaired) electrons. The maximum atomic E-state index is 11.0. The predicted molar refractivity (Wildman–Crippen MR) is 71.3 cm³/mol. The molecule has 2 rings (SSSR count). The number of nitrogens with zero attached hydrogens (tertiary/aromatic N) is 3. The molecule has 0 spiro atoms. The zero-order valence-corrected chi connectivity index (χ0v) is 10.6. The van der Waals surface area contributed by atoms with E-state index in [0.717, 1.165) is 31.6 Å². The topological polar surface area (TPSA) is 85.8 Å². The van der Waals surface area contributed by atoms with Crippen LogP contribution in [0.4, 0.5) is 0 Å². The SMILES string of the molecule is NC(=O)c1cccc(CNCCCn2ccnn2)c1. The van der Waals surface area contributed by atoms with Gasteiger partial charge in [-0.3, -0.25) is 9.48 Å². The highest BCUT2D eigenvalue weighted by Crippen LogP contribution is 2.04. The fraction of sp³-hybridized carbons (Fsp3) is 0.308. The third-order valence-corrected chi connectivity index (χ3v) is 2.75. The number of carbonyl (C=O) groups is 1. The normalized spacial score (nSPS) is 10.5. The predicted octanol–water partition coefficient (Wildman–Crippen LogP) is 0.557. The number of primary amides is 1. The van der Waals surface area contributed by atoms with Gasteiger partial charge in [-0.1, -0.05) is 17.3 Å². The van der Waals surface area contributed by atoms with Crippen molar-refractivity contribution < 1.29 is 4.79 Å². The van der Waals surface area contributed by atoms with Gasteiger partial charge in [-0.05, 0) is 30.7 Å². The second kappa shape index (κ2) is 6.65. The molecule has 0 aliphatic rings. The van der Waals surface area contributed by atoms with E-state index in [4.69, 9.17) is 5.73 Å². The van der Waals surface area contributed by atoms with Crippen LogP contribution in [0.15, 0.2) is 36.7 Å². The molecular formula is C13H17N5O. The molecule has 6 heteroatoms. The lowest BCUT2D eigenvalue weighted by molar-refractivity contribution is 0.1000. The average molecular weight is 259 g/mol. The van der Waals surface area contributed by atoms with E-state index in [9.17, 15) is 4.79 Å². The van der Waals surface area contributed by atoms with E-state index < -0.39 is 5.91 Å². The first-order valence-electron chi connectivity index (χ1n) is 6.19. The van der Waals surface area contributed by atoms with E-state index in [1.165, 1.54) is 0 Å². The third-order valence-electron chi connectivity index (χ3n) is 2.75.